The molecule has 0 radical (unpaired) electrons. The summed E-state index contributed by atoms with van der Waals surface area (Å²) in [6.07, 6.45) is 0.471. The van der Waals surface area contributed by atoms with E-state index in [4.69, 9.17) is 21.1 Å². The second kappa shape index (κ2) is 10.0. The quantitative estimate of drug-likeness (QED) is 0.541. The van der Waals surface area contributed by atoms with E-state index in [-0.39, 0.29) is 23.2 Å². The third kappa shape index (κ3) is 5.46. The number of rotatable bonds is 8. The number of nitrogens with one attached hydrogen (secondary N) is 2. The van der Waals surface area contributed by atoms with E-state index in [0.717, 1.165) is 11.3 Å². The van der Waals surface area contributed by atoms with Crippen molar-refractivity contribution < 1.29 is 19.1 Å². The molecule has 0 saturated heterocycles. The maximum atomic E-state index is 12.4. The Morgan fingerprint density at radius 2 is 1.83 bits per heavy atom. The fourth-order valence-electron chi connectivity index (χ4n) is 2.53. The first-order chi connectivity index (χ1) is 14.5. The summed E-state index contributed by atoms with van der Waals surface area (Å²) in [5, 5.41) is 14.5. The fraction of sp³-hybridized carbons (Fsp3) is 0.200. The van der Waals surface area contributed by atoms with Crippen LogP contribution in [0.15, 0.2) is 42.5 Å². The molecule has 0 spiro atoms. The number of nitrogens with zero attached hydrogens (tertiary/aromatic N) is 2. The Morgan fingerprint density at radius 3 is 2.53 bits per heavy atom. The van der Waals surface area contributed by atoms with Gasteiger partial charge in [0, 0.05) is 30.7 Å². The van der Waals surface area contributed by atoms with Crippen LogP contribution in [0.5, 0.6) is 11.5 Å². The normalized spacial score (nSPS) is 10.4. The molecule has 3 rings (SSSR count). The molecular weight excluding hydrogens is 428 g/mol. The Labute approximate surface area is 182 Å². The summed E-state index contributed by atoms with van der Waals surface area (Å²) in [6, 6.07) is 12.3. The number of benzene rings is 2. The Bertz CT molecular complexity index is 1040. The zero-order valence-corrected chi connectivity index (χ0v) is 17.8. The molecule has 1 heterocycles. The highest BCUT2D eigenvalue weighted by Gasteiger charge is 2.16. The maximum Gasteiger partial charge on any atom is 0.286 e. The van der Waals surface area contributed by atoms with Gasteiger partial charge in [0.25, 0.3) is 5.91 Å². The minimum Gasteiger partial charge on any atom is -0.497 e. The van der Waals surface area contributed by atoms with E-state index in [0.29, 0.717) is 39.3 Å². The minimum atomic E-state index is -0.343. The summed E-state index contributed by atoms with van der Waals surface area (Å²) in [5.41, 5.74) is 1.04. The van der Waals surface area contributed by atoms with Crippen molar-refractivity contribution >= 4 is 46.1 Å². The van der Waals surface area contributed by atoms with Crippen LogP contribution in [-0.2, 0) is 11.2 Å². The van der Waals surface area contributed by atoms with E-state index < -0.39 is 0 Å². The lowest BCUT2D eigenvalue weighted by molar-refractivity contribution is -0.116. The van der Waals surface area contributed by atoms with Crippen molar-refractivity contribution in [2.45, 2.75) is 12.8 Å². The summed E-state index contributed by atoms with van der Waals surface area (Å²) in [4.78, 5) is 24.6. The van der Waals surface area contributed by atoms with Crippen molar-refractivity contribution in [3.05, 3.63) is 57.5 Å². The Balaban J connectivity index is 1.58. The number of anilines is 2. The van der Waals surface area contributed by atoms with Gasteiger partial charge in [-0.2, -0.15) is 0 Å². The molecule has 0 fully saturated rings. The molecule has 1 aromatic heterocycles. The SMILES string of the molecule is COc1cc(Cl)c(NC(=O)CCc2nnc(C(=O)Nc3ccccc3)s2)c(OC)c1. The Morgan fingerprint density at radius 1 is 1.07 bits per heavy atom. The van der Waals surface area contributed by atoms with Crippen molar-refractivity contribution in [2.75, 3.05) is 24.9 Å². The molecular formula is C20H19ClN4O4S. The largest absolute Gasteiger partial charge is 0.497 e. The van der Waals surface area contributed by atoms with Crippen LogP contribution >= 0.6 is 22.9 Å². The Hall–Kier alpha value is -3.17. The van der Waals surface area contributed by atoms with E-state index in [1.54, 1.807) is 24.3 Å². The Kier molecular flexibility index (Phi) is 7.21. The molecule has 2 N–H and O–H groups in total. The molecule has 2 amide bonds. The molecule has 10 heteroatoms. The number of carbonyl (C=O) groups is 2. The lowest BCUT2D eigenvalue weighted by Gasteiger charge is -2.13. The van der Waals surface area contributed by atoms with E-state index in [2.05, 4.69) is 20.8 Å². The highest BCUT2D eigenvalue weighted by molar-refractivity contribution is 7.13. The molecule has 0 saturated carbocycles. The summed E-state index contributed by atoms with van der Waals surface area (Å²) >= 11 is 7.36. The summed E-state index contributed by atoms with van der Waals surface area (Å²) in [7, 11) is 2.99. The molecule has 8 nitrogen and oxygen atoms in total. The van der Waals surface area contributed by atoms with Crippen molar-refractivity contribution in [2.24, 2.45) is 0 Å². The highest BCUT2D eigenvalue weighted by Crippen LogP contribution is 2.36. The van der Waals surface area contributed by atoms with Gasteiger partial charge < -0.3 is 20.1 Å². The predicted octanol–water partition coefficient (Wildman–Crippen LogP) is 4.03. The molecule has 2 aromatic carbocycles. The average Bonchev–Trinajstić information content (AvgIpc) is 3.23. The molecule has 156 valence electrons. The first-order valence-electron chi connectivity index (χ1n) is 8.90. The number of hydrogen-bond donors (Lipinski definition) is 2. The van der Waals surface area contributed by atoms with Crippen LogP contribution in [-0.4, -0.2) is 36.2 Å². The second-order valence-electron chi connectivity index (χ2n) is 6.06. The molecule has 0 bridgehead atoms. The van der Waals surface area contributed by atoms with Gasteiger partial charge >= 0.3 is 0 Å². The van der Waals surface area contributed by atoms with E-state index in [1.807, 2.05) is 18.2 Å². The van der Waals surface area contributed by atoms with E-state index in [9.17, 15) is 9.59 Å². The van der Waals surface area contributed by atoms with Crippen molar-refractivity contribution in [3.8, 4) is 11.5 Å². The monoisotopic (exact) mass is 446 g/mol. The maximum absolute atomic E-state index is 12.4. The van der Waals surface area contributed by atoms with Crippen LogP contribution in [0.25, 0.3) is 0 Å². The van der Waals surface area contributed by atoms with Gasteiger partial charge in [0.15, 0.2) is 0 Å². The van der Waals surface area contributed by atoms with Crippen LogP contribution in [0.2, 0.25) is 5.02 Å². The number of carbonyl (C=O) groups excluding carboxylic acids is 2. The molecule has 0 aliphatic rings. The van der Waals surface area contributed by atoms with E-state index in [1.165, 1.54) is 14.2 Å². The van der Waals surface area contributed by atoms with Crippen molar-refractivity contribution in [1.29, 1.82) is 0 Å². The highest BCUT2D eigenvalue weighted by atomic mass is 35.5. The molecule has 0 unspecified atom stereocenters. The molecule has 0 aliphatic carbocycles. The number of amides is 2. The lowest BCUT2D eigenvalue weighted by Crippen LogP contribution is -2.13. The van der Waals surface area contributed by atoms with Crippen molar-refractivity contribution in [1.82, 2.24) is 10.2 Å². The summed E-state index contributed by atoms with van der Waals surface area (Å²) < 4.78 is 10.4. The van der Waals surface area contributed by atoms with E-state index >= 15 is 0 Å². The van der Waals surface area contributed by atoms with Gasteiger partial charge in [-0.3, -0.25) is 9.59 Å². The first kappa shape index (κ1) is 21.5. The third-order valence-corrected chi connectivity index (χ3v) is 5.29. The fourth-order valence-corrected chi connectivity index (χ4v) is 3.52. The predicted molar refractivity (Wildman–Crippen MR) is 116 cm³/mol. The summed E-state index contributed by atoms with van der Waals surface area (Å²) in [6.45, 7) is 0. The first-order valence-corrected chi connectivity index (χ1v) is 10.1. The van der Waals surface area contributed by atoms with Gasteiger partial charge in [0.1, 0.15) is 22.2 Å². The molecule has 3 aromatic rings. The van der Waals surface area contributed by atoms with Gasteiger partial charge in [0.2, 0.25) is 10.9 Å². The van der Waals surface area contributed by atoms with Gasteiger partial charge in [0.05, 0.1) is 19.2 Å². The number of para-hydroxylation sites is 1. The summed E-state index contributed by atoms with van der Waals surface area (Å²) in [5.74, 6) is 0.295. The second-order valence-corrected chi connectivity index (χ2v) is 7.53. The lowest BCUT2D eigenvalue weighted by atomic mass is 10.2. The van der Waals surface area contributed by atoms with Gasteiger partial charge in [-0.1, -0.05) is 41.1 Å². The molecule has 30 heavy (non-hydrogen) atoms. The van der Waals surface area contributed by atoms with Crippen LogP contribution < -0.4 is 20.1 Å². The number of methoxy groups -OCH3 is 2. The topological polar surface area (TPSA) is 102 Å². The number of ether oxygens (including phenoxy) is 2. The van der Waals surface area contributed by atoms with Crippen LogP contribution in [0.3, 0.4) is 0 Å². The average molecular weight is 447 g/mol. The minimum absolute atomic E-state index is 0.139. The van der Waals surface area contributed by atoms with Gasteiger partial charge in [-0.05, 0) is 12.1 Å². The zero-order chi connectivity index (χ0) is 21.5. The molecule has 0 aliphatic heterocycles. The van der Waals surface area contributed by atoms with Crippen LogP contribution in [0.1, 0.15) is 21.2 Å². The van der Waals surface area contributed by atoms with Crippen molar-refractivity contribution in [3.63, 3.8) is 0 Å². The third-order valence-electron chi connectivity index (χ3n) is 4.01. The smallest absolute Gasteiger partial charge is 0.286 e. The number of aromatic nitrogens is 2. The standard InChI is InChI=1S/C20H19ClN4O4S/c1-28-13-10-14(21)18(15(11-13)29-2)23-16(26)8-9-17-24-25-20(30-17)19(27)22-12-6-4-3-5-7-12/h3-7,10-11H,8-9H2,1-2H3,(H,22,27)(H,23,26). The molecule has 0 atom stereocenters. The van der Waals surface area contributed by atoms with Crippen LogP contribution in [0, 0.1) is 0 Å². The zero-order valence-electron chi connectivity index (χ0n) is 16.3. The number of hydrogen-bond acceptors (Lipinski definition) is 7. The van der Waals surface area contributed by atoms with Gasteiger partial charge in [-0.25, -0.2) is 0 Å². The number of halogens is 1. The number of aryl methyl sites for hydroxylation is 1. The van der Waals surface area contributed by atoms with Crippen LogP contribution in [0.4, 0.5) is 11.4 Å². The van der Waals surface area contributed by atoms with Gasteiger partial charge in [-0.15, -0.1) is 10.2 Å².